The summed E-state index contributed by atoms with van der Waals surface area (Å²) in [5.74, 6) is 0. The fourth-order valence-electron chi connectivity index (χ4n) is 2.90. The molecule has 0 aliphatic rings. The molecule has 3 rings (SSSR count). The lowest BCUT2D eigenvalue weighted by atomic mass is 10.1. The van der Waals surface area contributed by atoms with Gasteiger partial charge in [0.15, 0.2) is 0 Å². The molecule has 5 heteroatoms. The molecule has 3 aromatic rings. The Morgan fingerprint density at radius 1 is 0.593 bits per heavy atom. The number of benzene rings is 2. The van der Waals surface area contributed by atoms with Gasteiger partial charge in [0.25, 0.3) is 0 Å². The third-order valence-electron chi connectivity index (χ3n) is 4.64. The molecule has 1 aromatic heterocycles. The van der Waals surface area contributed by atoms with E-state index in [1.54, 1.807) is 0 Å². The van der Waals surface area contributed by atoms with Crippen LogP contribution in [-0.2, 0) is 0 Å². The monoisotopic (exact) mass is 382 g/mol. The fraction of sp³-hybridized carbons (Fsp3) is 0.273. The highest BCUT2D eigenvalue weighted by molar-refractivity contribution is 7.12. The first-order valence-electron chi connectivity index (χ1n) is 8.87. The lowest BCUT2D eigenvalue weighted by Gasteiger charge is -2.15. The molecule has 0 spiro atoms. The van der Waals surface area contributed by atoms with Gasteiger partial charge in [0.2, 0.25) is 0 Å². The van der Waals surface area contributed by atoms with Gasteiger partial charge in [-0.25, -0.2) is 0 Å². The summed E-state index contributed by atoms with van der Waals surface area (Å²) >= 11 is 1.44. The van der Waals surface area contributed by atoms with E-state index in [1.165, 1.54) is 11.3 Å². The Kier molecular flexibility index (Phi) is 5.85. The molecule has 0 bridgehead atoms. The van der Waals surface area contributed by atoms with Gasteiger partial charge in [0.05, 0.1) is 0 Å². The summed E-state index contributed by atoms with van der Waals surface area (Å²) in [4.78, 5) is 5.70. The Labute approximate surface area is 164 Å². The second kappa shape index (κ2) is 8.13. The van der Waals surface area contributed by atoms with Crippen LogP contribution >= 0.6 is 11.3 Å². The number of hydrogen-bond donors (Lipinski definition) is 2. The maximum Gasteiger partial charge on any atom is 0.113 e. The molecule has 0 aliphatic heterocycles. The topological polar surface area (TPSA) is 46.9 Å². The number of aliphatic hydroxyl groups is 2. The molecule has 2 unspecified atom stereocenters. The van der Waals surface area contributed by atoms with Crippen LogP contribution in [0.25, 0.3) is 0 Å². The average molecular weight is 383 g/mol. The molecule has 4 nitrogen and oxygen atoms in total. The van der Waals surface area contributed by atoms with Crippen LogP contribution in [0.5, 0.6) is 0 Å². The summed E-state index contributed by atoms with van der Waals surface area (Å²) < 4.78 is 0. The van der Waals surface area contributed by atoms with E-state index < -0.39 is 12.2 Å². The molecule has 142 valence electrons. The molecule has 0 radical (unpaired) electrons. The highest BCUT2D eigenvalue weighted by atomic mass is 32.1. The van der Waals surface area contributed by atoms with Gasteiger partial charge in [0.1, 0.15) is 12.2 Å². The molecule has 2 N–H and O–H groups in total. The van der Waals surface area contributed by atoms with E-state index in [4.69, 9.17) is 0 Å². The van der Waals surface area contributed by atoms with E-state index in [9.17, 15) is 10.2 Å². The summed E-state index contributed by atoms with van der Waals surface area (Å²) in [7, 11) is 7.96. The molecular weight excluding hydrogens is 356 g/mol. The summed E-state index contributed by atoms with van der Waals surface area (Å²) in [6, 6.07) is 19.5. The van der Waals surface area contributed by atoms with Gasteiger partial charge >= 0.3 is 0 Å². The van der Waals surface area contributed by atoms with Crippen LogP contribution in [0.1, 0.15) is 33.1 Å². The van der Waals surface area contributed by atoms with Crippen molar-refractivity contribution in [2.75, 3.05) is 38.0 Å². The summed E-state index contributed by atoms with van der Waals surface area (Å²) in [5, 5.41) is 21.4. The SMILES string of the molecule is CN(C)c1ccc(C(O)c2ccc(C(O)c3ccc(N(C)C)cc3)s2)cc1. The Hall–Kier alpha value is -2.34. The van der Waals surface area contributed by atoms with Crippen LogP contribution in [0.15, 0.2) is 60.7 Å². The molecule has 0 saturated heterocycles. The minimum atomic E-state index is -0.691. The minimum Gasteiger partial charge on any atom is -0.383 e. The summed E-state index contributed by atoms with van der Waals surface area (Å²) in [6.07, 6.45) is -1.38. The zero-order valence-corrected chi connectivity index (χ0v) is 16.9. The first kappa shape index (κ1) is 19.4. The number of anilines is 2. The number of hydrogen-bond acceptors (Lipinski definition) is 5. The molecule has 0 saturated carbocycles. The predicted molar refractivity (Wildman–Crippen MR) is 114 cm³/mol. The molecule has 2 atom stereocenters. The van der Waals surface area contributed by atoms with E-state index in [0.717, 1.165) is 32.3 Å². The van der Waals surface area contributed by atoms with E-state index >= 15 is 0 Å². The Morgan fingerprint density at radius 3 is 1.22 bits per heavy atom. The Bertz CT molecular complexity index is 798. The van der Waals surface area contributed by atoms with Crippen LogP contribution in [0.2, 0.25) is 0 Å². The second-order valence-corrected chi connectivity index (χ2v) is 8.16. The molecule has 2 aromatic carbocycles. The molecule has 0 fully saturated rings. The van der Waals surface area contributed by atoms with Crippen molar-refractivity contribution < 1.29 is 10.2 Å². The minimum absolute atomic E-state index is 0.691. The molecule has 1 heterocycles. The van der Waals surface area contributed by atoms with Crippen molar-refractivity contribution in [3.05, 3.63) is 81.5 Å². The third-order valence-corrected chi connectivity index (χ3v) is 5.83. The van der Waals surface area contributed by atoms with Crippen molar-refractivity contribution in [3.8, 4) is 0 Å². The maximum absolute atomic E-state index is 10.7. The van der Waals surface area contributed by atoms with Crippen molar-refractivity contribution in [1.29, 1.82) is 0 Å². The second-order valence-electron chi connectivity index (χ2n) is 7.02. The molecule has 27 heavy (non-hydrogen) atoms. The predicted octanol–water partition coefficient (Wildman–Crippen LogP) is 4.04. The van der Waals surface area contributed by atoms with Crippen molar-refractivity contribution in [3.63, 3.8) is 0 Å². The number of nitrogens with zero attached hydrogens (tertiary/aromatic N) is 2. The normalized spacial score (nSPS) is 13.3. The molecule has 0 amide bonds. The Balaban J connectivity index is 1.76. The number of rotatable bonds is 6. The molecular formula is C22H26N2O2S. The van der Waals surface area contributed by atoms with Crippen LogP contribution in [0.4, 0.5) is 11.4 Å². The first-order valence-corrected chi connectivity index (χ1v) is 9.69. The van der Waals surface area contributed by atoms with Crippen molar-refractivity contribution in [2.45, 2.75) is 12.2 Å². The smallest absolute Gasteiger partial charge is 0.113 e. The van der Waals surface area contributed by atoms with Crippen molar-refractivity contribution >= 4 is 22.7 Å². The fourth-order valence-corrected chi connectivity index (χ4v) is 3.94. The molecule has 0 aliphatic carbocycles. The highest BCUT2D eigenvalue weighted by Gasteiger charge is 2.18. The maximum atomic E-state index is 10.7. The number of thiophene rings is 1. The van der Waals surface area contributed by atoms with Gasteiger partial charge in [-0.05, 0) is 47.5 Å². The van der Waals surface area contributed by atoms with Gasteiger partial charge < -0.3 is 20.0 Å². The zero-order valence-electron chi connectivity index (χ0n) is 16.1. The van der Waals surface area contributed by atoms with Gasteiger partial charge in [-0.1, -0.05) is 24.3 Å². The van der Waals surface area contributed by atoms with Gasteiger partial charge in [0, 0.05) is 49.3 Å². The average Bonchev–Trinajstić information content (AvgIpc) is 3.17. The van der Waals surface area contributed by atoms with Crippen LogP contribution in [0, 0.1) is 0 Å². The summed E-state index contributed by atoms with van der Waals surface area (Å²) in [5.41, 5.74) is 3.88. The van der Waals surface area contributed by atoms with Crippen LogP contribution < -0.4 is 9.80 Å². The van der Waals surface area contributed by atoms with Crippen LogP contribution in [0.3, 0.4) is 0 Å². The highest BCUT2D eigenvalue weighted by Crippen LogP contribution is 2.34. The lowest BCUT2D eigenvalue weighted by Crippen LogP contribution is -2.08. The van der Waals surface area contributed by atoms with Crippen molar-refractivity contribution in [2.24, 2.45) is 0 Å². The van der Waals surface area contributed by atoms with Gasteiger partial charge in [-0.15, -0.1) is 11.3 Å². The van der Waals surface area contributed by atoms with Crippen LogP contribution in [-0.4, -0.2) is 38.4 Å². The lowest BCUT2D eigenvalue weighted by molar-refractivity contribution is 0.223. The van der Waals surface area contributed by atoms with E-state index in [1.807, 2.05) is 98.7 Å². The van der Waals surface area contributed by atoms with Crippen molar-refractivity contribution in [1.82, 2.24) is 0 Å². The zero-order chi connectivity index (χ0) is 19.6. The largest absolute Gasteiger partial charge is 0.383 e. The van der Waals surface area contributed by atoms with Gasteiger partial charge in [-0.3, -0.25) is 0 Å². The quantitative estimate of drug-likeness (QED) is 0.675. The van der Waals surface area contributed by atoms with E-state index in [2.05, 4.69) is 0 Å². The third kappa shape index (κ3) is 4.33. The van der Waals surface area contributed by atoms with E-state index in [-0.39, 0.29) is 0 Å². The standard InChI is InChI=1S/C22H26N2O2S/c1-23(2)17-9-5-15(6-10-17)21(25)19-13-14-20(27-19)22(26)16-7-11-18(12-8-16)24(3)4/h5-14,21-22,25-26H,1-4H3. The first-order chi connectivity index (χ1) is 12.9. The summed E-state index contributed by atoms with van der Waals surface area (Å²) in [6.45, 7) is 0. The number of aliphatic hydroxyl groups excluding tert-OH is 2. The van der Waals surface area contributed by atoms with Gasteiger partial charge in [-0.2, -0.15) is 0 Å². The van der Waals surface area contributed by atoms with E-state index in [0.29, 0.717) is 0 Å². The Morgan fingerprint density at radius 2 is 0.926 bits per heavy atom.